The first kappa shape index (κ1) is 26.8. The van der Waals surface area contributed by atoms with Crippen LogP contribution in [0, 0.1) is 23.4 Å². The van der Waals surface area contributed by atoms with Crippen LogP contribution in [0.2, 0.25) is 0 Å². The molecule has 1 unspecified atom stereocenters. The molecule has 0 aliphatic rings. The molecule has 8 heteroatoms. The van der Waals surface area contributed by atoms with Crippen LogP contribution < -0.4 is 10.1 Å². The number of carbonyl (C=O) groups excluding carboxylic acids is 1. The Morgan fingerprint density at radius 1 is 0.972 bits per heavy atom. The molecule has 0 bridgehead atoms. The maximum atomic E-state index is 13.9. The number of carboxylic acid groups (broad SMARTS) is 1. The van der Waals surface area contributed by atoms with Gasteiger partial charge in [0.05, 0.1) is 6.04 Å². The van der Waals surface area contributed by atoms with Crippen LogP contribution in [0.4, 0.5) is 13.2 Å². The second kappa shape index (κ2) is 12.2. The Bertz CT molecular complexity index is 1190. The molecule has 1 atom stereocenters. The molecule has 0 saturated heterocycles. The van der Waals surface area contributed by atoms with Gasteiger partial charge in [-0.2, -0.15) is 0 Å². The van der Waals surface area contributed by atoms with E-state index >= 15 is 0 Å². The molecule has 3 aromatic rings. The number of halogens is 3. The van der Waals surface area contributed by atoms with E-state index < -0.39 is 35.4 Å². The van der Waals surface area contributed by atoms with Crippen LogP contribution in [0.5, 0.6) is 5.75 Å². The zero-order valence-corrected chi connectivity index (χ0v) is 20.1. The van der Waals surface area contributed by atoms with E-state index in [1.54, 1.807) is 30.3 Å². The maximum absolute atomic E-state index is 13.9. The number of carbonyl (C=O) groups is 2. The summed E-state index contributed by atoms with van der Waals surface area (Å²) >= 11 is 0. The topological polar surface area (TPSA) is 75.6 Å². The highest BCUT2D eigenvalue weighted by atomic mass is 19.2. The number of carboxylic acids is 1. The third-order valence-corrected chi connectivity index (χ3v) is 5.60. The molecule has 0 aromatic heterocycles. The van der Waals surface area contributed by atoms with E-state index in [0.29, 0.717) is 23.3 Å². The largest absolute Gasteiger partial charge is 0.489 e. The van der Waals surface area contributed by atoms with Gasteiger partial charge in [0, 0.05) is 12.0 Å². The Labute approximate surface area is 207 Å². The van der Waals surface area contributed by atoms with Gasteiger partial charge >= 0.3 is 5.97 Å². The summed E-state index contributed by atoms with van der Waals surface area (Å²) in [6.45, 7) is 3.94. The average molecular weight is 500 g/mol. The van der Waals surface area contributed by atoms with Crippen molar-refractivity contribution >= 4 is 11.9 Å². The Balaban J connectivity index is 1.90. The number of para-hydroxylation sites is 1. The number of rotatable bonds is 11. The van der Waals surface area contributed by atoms with Crippen molar-refractivity contribution in [3.8, 4) is 5.75 Å². The first-order chi connectivity index (χ1) is 17.1. The van der Waals surface area contributed by atoms with Crippen molar-refractivity contribution in [3.63, 3.8) is 0 Å². The van der Waals surface area contributed by atoms with Gasteiger partial charge in [0.2, 0.25) is 0 Å². The molecule has 190 valence electrons. The predicted octanol–water partition coefficient (Wildman–Crippen LogP) is 6.22. The van der Waals surface area contributed by atoms with Gasteiger partial charge < -0.3 is 15.2 Å². The normalized spacial score (nSPS) is 11.8. The second-order valence-electron chi connectivity index (χ2n) is 8.94. The summed E-state index contributed by atoms with van der Waals surface area (Å²) in [6, 6.07) is 15.1. The summed E-state index contributed by atoms with van der Waals surface area (Å²) < 4.78 is 47.1. The molecular formula is C28H28F3NO4. The summed E-state index contributed by atoms with van der Waals surface area (Å²) in [7, 11) is 0. The molecular weight excluding hydrogens is 471 g/mol. The lowest BCUT2D eigenvalue weighted by Gasteiger charge is -2.22. The van der Waals surface area contributed by atoms with Crippen molar-refractivity contribution in [1.29, 1.82) is 0 Å². The van der Waals surface area contributed by atoms with Crippen LogP contribution in [-0.4, -0.2) is 17.0 Å². The van der Waals surface area contributed by atoms with E-state index in [0.717, 1.165) is 12.1 Å². The van der Waals surface area contributed by atoms with Crippen molar-refractivity contribution in [2.45, 2.75) is 45.8 Å². The molecule has 1 amide bonds. The fourth-order valence-electron chi connectivity index (χ4n) is 3.83. The number of aliphatic carboxylic acids is 1. The van der Waals surface area contributed by atoms with E-state index in [1.807, 2.05) is 32.0 Å². The molecule has 2 N–H and O–H groups in total. The number of nitrogens with one attached hydrogen (secondary N) is 1. The highest BCUT2D eigenvalue weighted by molar-refractivity contribution is 5.96. The number of hydrogen-bond acceptors (Lipinski definition) is 3. The molecule has 0 radical (unpaired) electrons. The first-order valence-corrected chi connectivity index (χ1v) is 11.6. The van der Waals surface area contributed by atoms with Crippen LogP contribution in [0.15, 0.2) is 60.7 Å². The number of ether oxygens (including phenoxy) is 1. The van der Waals surface area contributed by atoms with Crippen molar-refractivity contribution in [2.24, 2.45) is 5.92 Å². The minimum atomic E-state index is -1.57. The summed E-state index contributed by atoms with van der Waals surface area (Å²) in [4.78, 5) is 24.5. The van der Waals surface area contributed by atoms with Crippen LogP contribution >= 0.6 is 0 Å². The zero-order chi connectivity index (χ0) is 26.2. The van der Waals surface area contributed by atoms with Crippen LogP contribution in [-0.2, 0) is 17.8 Å². The lowest BCUT2D eigenvalue weighted by molar-refractivity contribution is -0.136. The fraction of sp³-hybridized carbons (Fsp3) is 0.286. The van der Waals surface area contributed by atoms with Gasteiger partial charge in [0.15, 0.2) is 17.5 Å². The van der Waals surface area contributed by atoms with Crippen LogP contribution in [0.3, 0.4) is 0 Å². The maximum Gasteiger partial charge on any atom is 0.303 e. The Morgan fingerprint density at radius 2 is 1.64 bits per heavy atom. The van der Waals surface area contributed by atoms with E-state index in [9.17, 15) is 22.8 Å². The highest BCUT2D eigenvalue weighted by Gasteiger charge is 2.23. The molecule has 0 fully saturated rings. The van der Waals surface area contributed by atoms with Gasteiger partial charge in [0.25, 0.3) is 5.91 Å². The van der Waals surface area contributed by atoms with Gasteiger partial charge in [-0.1, -0.05) is 44.2 Å². The molecule has 36 heavy (non-hydrogen) atoms. The Hall–Kier alpha value is -3.81. The molecule has 0 spiro atoms. The van der Waals surface area contributed by atoms with Crippen LogP contribution in [0.1, 0.15) is 59.8 Å². The van der Waals surface area contributed by atoms with Crippen LogP contribution in [0.25, 0.3) is 0 Å². The van der Waals surface area contributed by atoms with E-state index in [1.165, 1.54) is 0 Å². The predicted molar refractivity (Wildman–Crippen MR) is 129 cm³/mol. The van der Waals surface area contributed by atoms with Crippen molar-refractivity contribution < 1.29 is 32.6 Å². The van der Waals surface area contributed by atoms with Crippen molar-refractivity contribution in [3.05, 3.63) is 100 Å². The third kappa shape index (κ3) is 7.34. The summed E-state index contributed by atoms with van der Waals surface area (Å²) in [5, 5.41) is 11.9. The summed E-state index contributed by atoms with van der Waals surface area (Å²) in [6.07, 6.45) is 0.286. The molecule has 0 aliphatic heterocycles. The quantitative estimate of drug-likeness (QED) is 0.307. The number of amides is 1. The van der Waals surface area contributed by atoms with Gasteiger partial charge in [-0.25, -0.2) is 13.2 Å². The smallest absolute Gasteiger partial charge is 0.303 e. The van der Waals surface area contributed by atoms with Gasteiger partial charge in [-0.3, -0.25) is 9.59 Å². The van der Waals surface area contributed by atoms with Crippen molar-refractivity contribution in [2.75, 3.05) is 0 Å². The van der Waals surface area contributed by atoms with Gasteiger partial charge in [0.1, 0.15) is 12.4 Å². The highest BCUT2D eigenvalue weighted by Crippen LogP contribution is 2.26. The SMILES string of the molecule is CC(C)CC(NC(=O)c1cc(COc2ccccc2)ccc1CCC(=O)O)c1cc(F)c(F)c(F)c1. The third-order valence-electron chi connectivity index (χ3n) is 5.60. The molecule has 3 aromatic carbocycles. The lowest BCUT2D eigenvalue weighted by Crippen LogP contribution is -2.30. The monoisotopic (exact) mass is 499 g/mol. The second-order valence-corrected chi connectivity index (χ2v) is 8.94. The molecule has 0 aliphatic carbocycles. The van der Waals surface area contributed by atoms with E-state index in [-0.39, 0.29) is 36.5 Å². The van der Waals surface area contributed by atoms with Crippen molar-refractivity contribution in [1.82, 2.24) is 5.32 Å². The van der Waals surface area contributed by atoms with E-state index in [4.69, 9.17) is 9.84 Å². The molecule has 0 saturated carbocycles. The molecule has 5 nitrogen and oxygen atoms in total. The zero-order valence-electron chi connectivity index (χ0n) is 20.1. The number of hydrogen-bond donors (Lipinski definition) is 2. The van der Waals surface area contributed by atoms with E-state index in [2.05, 4.69) is 5.32 Å². The molecule has 3 rings (SSSR count). The summed E-state index contributed by atoms with van der Waals surface area (Å²) in [5.74, 6) is -5.10. The minimum absolute atomic E-state index is 0.0450. The average Bonchev–Trinajstić information content (AvgIpc) is 2.84. The number of aryl methyl sites for hydroxylation is 1. The van der Waals surface area contributed by atoms with Gasteiger partial charge in [-0.15, -0.1) is 0 Å². The van der Waals surface area contributed by atoms with Gasteiger partial charge in [-0.05, 0) is 65.8 Å². The minimum Gasteiger partial charge on any atom is -0.489 e. The lowest BCUT2D eigenvalue weighted by atomic mass is 9.95. The summed E-state index contributed by atoms with van der Waals surface area (Å²) in [5.41, 5.74) is 1.53. The Kier molecular flexibility index (Phi) is 9.11. The first-order valence-electron chi connectivity index (χ1n) is 11.6. The fourth-order valence-corrected chi connectivity index (χ4v) is 3.83. The molecule has 0 heterocycles. The number of benzene rings is 3. The standard InChI is InChI=1S/C28H28F3NO4/c1-17(2)12-25(20-14-23(29)27(31)24(30)15-20)32-28(35)22-13-18(8-9-19(22)10-11-26(33)34)16-36-21-6-4-3-5-7-21/h3-9,13-15,17,25H,10-12,16H2,1-2H3,(H,32,35)(H,33,34). The Morgan fingerprint density at radius 3 is 2.25 bits per heavy atom.